The Hall–Kier alpha value is -2.50. The van der Waals surface area contributed by atoms with Gasteiger partial charge in [-0.25, -0.2) is 8.42 Å². The molecular formula is C22H19NO2S2. The van der Waals surface area contributed by atoms with Gasteiger partial charge < -0.3 is 0 Å². The van der Waals surface area contributed by atoms with E-state index in [2.05, 4.69) is 58.7 Å². The molecule has 0 fully saturated rings. The van der Waals surface area contributed by atoms with Crippen LogP contribution in [0.4, 0.5) is 5.69 Å². The molecule has 0 atom stereocenters. The first-order valence-electron chi connectivity index (χ1n) is 8.62. The van der Waals surface area contributed by atoms with Gasteiger partial charge in [-0.15, -0.1) is 0 Å². The first kappa shape index (κ1) is 17.9. The Morgan fingerprint density at radius 3 is 2.81 bits per heavy atom. The number of anilines is 1. The molecule has 1 aliphatic heterocycles. The van der Waals surface area contributed by atoms with Gasteiger partial charge in [-0.1, -0.05) is 60.3 Å². The zero-order valence-corrected chi connectivity index (χ0v) is 16.5. The van der Waals surface area contributed by atoms with Crippen LogP contribution in [0.5, 0.6) is 0 Å². The molecule has 0 unspecified atom stereocenters. The number of nitrogens with one attached hydrogen (secondary N) is 1. The lowest BCUT2D eigenvalue weighted by Crippen LogP contribution is -2.09. The maximum atomic E-state index is 11.5. The van der Waals surface area contributed by atoms with Gasteiger partial charge in [0.05, 0.1) is 6.26 Å². The van der Waals surface area contributed by atoms with E-state index in [1.807, 2.05) is 18.2 Å². The second-order valence-corrected chi connectivity index (χ2v) is 9.19. The molecule has 2 aromatic rings. The SMILES string of the molecule is CS(=O)(=O)Nc1cccc(C=C2C3=CC=CCC3=CSc3ccccc32)c1. The normalized spacial score (nSPS) is 17.4. The van der Waals surface area contributed by atoms with Gasteiger partial charge in [-0.3, -0.25) is 4.72 Å². The van der Waals surface area contributed by atoms with Gasteiger partial charge in [-0.05, 0) is 64.0 Å². The average molecular weight is 394 g/mol. The molecule has 1 aliphatic carbocycles. The Balaban J connectivity index is 1.85. The Labute approximate surface area is 164 Å². The van der Waals surface area contributed by atoms with Crippen LogP contribution >= 0.6 is 11.8 Å². The number of rotatable bonds is 3. The van der Waals surface area contributed by atoms with E-state index >= 15 is 0 Å². The van der Waals surface area contributed by atoms with E-state index in [4.69, 9.17) is 0 Å². The number of fused-ring (bicyclic) bond motifs is 2. The molecular weight excluding hydrogens is 374 g/mol. The van der Waals surface area contributed by atoms with Crippen LogP contribution in [0.25, 0.3) is 11.6 Å². The number of thioether (sulfide) groups is 1. The van der Waals surface area contributed by atoms with Crippen LogP contribution in [0, 0.1) is 0 Å². The summed E-state index contributed by atoms with van der Waals surface area (Å²) in [6.45, 7) is 0. The topological polar surface area (TPSA) is 46.2 Å². The molecule has 0 saturated heterocycles. The molecule has 0 saturated carbocycles. The first-order chi connectivity index (χ1) is 13.0. The Morgan fingerprint density at radius 2 is 1.96 bits per heavy atom. The van der Waals surface area contributed by atoms with Crippen LogP contribution in [0.3, 0.4) is 0 Å². The summed E-state index contributed by atoms with van der Waals surface area (Å²) in [6, 6.07) is 15.9. The van der Waals surface area contributed by atoms with Crippen molar-refractivity contribution in [2.24, 2.45) is 0 Å². The van der Waals surface area contributed by atoms with Crippen LogP contribution in [-0.2, 0) is 10.0 Å². The second-order valence-electron chi connectivity index (χ2n) is 6.53. The molecule has 0 spiro atoms. The molecule has 0 amide bonds. The first-order valence-corrected chi connectivity index (χ1v) is 11.4. The van der Waals surface area contributed by atoms with Crippen LogP contribution in [0.2, 0.25) is 0 Å². The predicted molar refractivity (Wildman–Crippen MR) is 115 cm³/mol. The minimum Gasteiger partial charge on any atom is -0.284 e. The van der Waals surface area contributed by atoms with Crippen molar-refractivity contribution in [1.82, 2.24) is 0 Å². The van der Waals surface area contributed by atoms with E-state index in [-0.39, 0.29) is 0 Å². The lowest BCUT2D eigenvalue weighted by atomic mass is 9.87. The van der Waals surface area contributed by atoms with Gasteiger partial charge in [0, 0.05) is 10.6 Å². The number of benzene rings is 2. The fraction of sp³-hybridized carbons (Fsp3) is 0.0909. The third-order valence-electron chi connectivity index (χ3n) is 4.38. The van der Waals surface area contributed by atoms with Crippen molar-refractivity contribution in [3.05, 3.63) is 94.4 Å². The van der Waals surface area contributed by atoms with E-state index in [0.717, 1.165) is 23.8 Å². The zero-order chi connectivity index (χ0) is 18.9. The highest BCUT2D eigenvalue weighted by atomic mass is 32.2. The Morgan fingerprint density at radius 1 is 1.11 bits per heavy atom. The summed E-state index contributed by atoms with van der Waals surface area (Å²) < 4.78 is 25.6. The van der Waals surface area contributed by atoms with Crippen LogP contribution < -0.4 is 4.72 Å². The molecule has 5 heteroatoms. The number of hydrogen-bond donors (Lipinski definition) is 1. The molecule has 2 aromatic carbocycles. The molecule has 136 valence electrons. The van der Waals surface area contributed by atoms with Crippen molar-refractivity contribution in [2.75, 3.05) is 11.0 Å². The van der Waals surface area contributed by atoms with Crippen LogP contribution in [0.1, 0.15) is 17.5 Å². The van der Waals surface area contributed by atoms with Gasteiger partial charge in [0.2, 0.25) is 10.0 Å². The molecule has 4 rings (SSSR count). The van der Waals surface area contributed by atoms with Crippen molar-refractivity contribution < 1.29 is 8.42 Å². The van der Waals surface area contributed by atoms with E-state index in [9.17, 15) is 8.42 Å². The second kappa shape index (κ2) is 7.25. The zero-order valence-electron chi connectivity index (χ0n) is 14.8. The summed E-state index contributed by atoms with van der Waals surface area (Å²) in [5, 5.41) is 2.23. The van der Waals surface area contributed by atoms with Gasteiger partial charge in [0.1, 0.15) is 0 Å². The van der Waals surface area contributed by atoms with Crippen molar-refractivity contribution >= 4 is 39.1 Å². The van der Waals surface area contributed by atoms with Crippen LogP contribution in [-0.4, -0.2) is 14.7 Å². The smallest absolute Gasteiger partial charge is 0.229 e. The molecule has 2 aliphatic rings. The number of sulfonamides is 1. The summed E-state index contributed by atoms with van der Waals surface area (Å²) in [7, 11) is -3.30. The largest absolute Gasteiger partial charge is 0.284 e. The highest BCUT2D eigenvalue weighted by Gasteiger charge is 2.20. The quantitative estimate of drug-likeness (QED) is 0.752. The monoisotopic (exact) mass is 393 g/mol. The van der Waals surface area contributed by atoms with Crippen molar-refractivity contribution in [2.45, 2.75) is 11.3 Å². The summed E-state index contributed by atoms with van der Waals surface area (Å²) in [6.07, 6.45) is 10.6. The standard InChI is InChI=1S/C22H19NO2S2/c1-27(24,25)23-18-9-6-7-16(13-18)14-21-19-10-3-2-8-17(19)15-26-22-12-5-4-11-20(21)22/h2-7,9-15,23H,8H2,1H3. The third-order valence-corrected chi connectivity index (χ3v) is 6.00. The van der Waals surface area contributed by atoms with Crippen molar-refractivity contribution in [3.63, 3.8) is 0 Å². The van der Waals surface area contributed by atoms with Gasteiger partial charge >= 0.3 is 0 Å². The highest BCUT2D eigenvalue weighted by Crippen LogP contribution is 2.43. The molecule has 0 bridgehead atoms. The molecule has 27 heavy (non-hydrogen) atoms. The maximum Gasteiger partial charge on any atom is 0.229 e. The van der Waals surface area contributed by atoms with E-state index in [0.29, 0.717) is 5.69 Å². The minimum absolute atomic E-state index is 0.566. The Bertz CT molecular complexity index is 1120. The van der Waals surface area contributed by atoms with E-state index in [1.54, 1.807) is 17.8 Å². The molecule has 3 nitrogen and oxygen atoms in total. The fourth-order valence-electron chi connectivity index (χ4n) is 3.25. The highest BCUT2D eigenvalue weighted by molar-refractivity contribution is 8.02. The summed E-state index contributed by atoms with van der Waals surface area (Å²) in [4.78, 5) is 1.22. The van der Waals surface area contributed by atoms with Crippen molar-refractivity contribution in [3.8, 4) is 0 Å². The lowest BCUT2D eigenvalue weighted by Gasteiger charge is -2.16. The molecule has 0 radical (unpaired) electrons. The lowest BCUT2D eigenvalue weighted by molar-refractivity contribution is 0.607. The van der Waals surface area contributed by atoms with Gasteiger partial charge in [0.15, 0.2) is 0 Å². The molecule has 1 heterocycles. The summed E-state index contributed by atoms with van der Waals surface area (Å²) in [5.41, 5.74) is 6.39. The Kier molecular flexibility index (Phi) is 4.81. The van der Waals surface area contributed by atoms with E-state index in [1.165, 1.54) is 21.6 Å². The van der Waals surface area contributed by atoms with E-state index < -0.39 is 10.0 Å². The maximum absolute atomic E-state index is 11.5. The number of allylic oxidation sites excluding steroid dienone is 6. The minimum atomic E-state index is -3.30. The number of hydrogen-bond acceptors (Lipinski definition) is 3. The van der Waals surface area contributed by atoms with Crippen LogP contribution in [0.15, 0.2) is 88.2 Å². The summed E-state index contributed by atoms with van der Waals surface area (Å²) in [5.74, 6) is 0. The average Bonchev–Trinajstić information content (AvgIpc) is 2.79. The van der Waals surface area contributed by atoms with Gasteiger partial charge in [0.25, 0.3) is 0 Å². The molecule has 0 aromatic heterocycles. The van der Waals surface area contributed by atoms with Gasteiger partial charge in [-0.2, -0.15) is 0 Å². The predicted octanol–water partition coefficient (Wildman–Crippen LogP) is 5.47. The summed E-state index contributed by atoms with van der Waals surface area (Å²) >= 11 is 1.75. The third kappa shape index (κ3) is 4.10. The fourth-order valence-corrected chi connectivity index (χ4v) is 4.76. The van der Waals surface area contributed by atoms with Crippen molar-refractivity contribution in [1.29, 1.82) is 0 Å². The molecule has 1 N–H and O–H groups in total.